The van der Waals surface area contributed by atoms with Gasteiger partial charge in [0.1, 0.15) is 0 Å². The smallest absolute Gasteiger partial charge is 0.469 e. The molecule has 10 heteroatoms. The summed E-state index contributed by atoms with van der Waals surface area (Å²) in [6.07, 6.45) is 4.15. The fourth-order valence-electron chi connectivity index (χ4n) is 1.46. The fourth-order valence-corrected chi connectivity index (χ4v) is 1.81. The molecule has 9 nitrogen and oxygen atoms in total. The summed E-state index contributed by atoms with van der Waals surface area (Å²) < 4.78 is 39.8. The highest BCUT2D eigenvalue weighted by molar-refractivity contribution is 7.80. The highest BCUT2D eigenvalue weighted by Gasteiger charge is 2.20. The molecule has 0 unspecified atom stereocenters. The van der Waals surface area contributed by atoms with Crippen molar-refractivity contribution in [2.24, 2.45) is 0 Å². The first-order valence-corrected chi connectivity index (χ1v) is 7.48. The first-order valence-electron chi connectivity index (χ1n) is 6.11. The summed E-state index contributed by atoms with van der Waals surface area (Å²) >= 11 is 0. The summed E-state index contributed by atoms with van der Waals surface area (Å²) in [6, 6.07) is 1.25. The Labute approximate surface area is 117 Å². The van der Waals surface area contributed by atoms with E-state index in [-0.39, 0.29) is 17.6 Å². The number of ether oxygens (including phenoxy) is 1. The van der Waals surface area contributed by atoms with Crippen LogP contribution in [0.4, 0.5) is 11.8 Å². The maximum atomic E-state index is 10.6. The van der Waals surface area contributed by atoms with Gasteiger partial charge in [0.25, 0.3) is 5.88 Å². The van der Waals surface area contributed by atoms with Gasteiger partial charge in [0, 0.05) is 0 Å². The van der Waals surface area contributed by atoms with Crippen LogP contribution in [0.5, 0.6) is 5.88 Å². The molecule has 114 valence electrons. The van der Waals surface area contributed by atoms with Gasteiger partial charge in [-0.2, -0.15) is 8.42 Å². The highest BCUT2D eigenvalue weighted by atomic mass is 32.3. The second-order valence-corrected chi connectivity index (χ2v) is 5.09. The van der Waals surface area contributed by atoms with Crippen LogP contribution in [0.3, 0.4) is 0 Å². The zero-order chi connectivity index (χ0) is 15.2. The van der Waals surface area contributed by atoms with E-state index < -0.39 is 10.4 Å². The zero-order valence-corrected chi connectivity index (χ0v) is 12.0. The van der Waals surface area contributed by atoms with Crippen LogP contribution in [0, 0.1) is 0 Å². The first kappa shape index (κ1) is 16.2. The van der Waals surface area contributed by atoms with Crippen molar-refractivity contribution >= 4 is 22.2 Å². The number of nitrogens with two attached hydrogens (primary N) is 2. The first-order chi connectivity index (χ1) is 9.33. The third kappa shape index (κ3) is 5.45. The van der Waals surface area contributed by atoms with Crippen molar-refractivity contribution in [1.82, 2.24) is 4.98 Å². The molecule has 20 heavy (non-hydrogen) atoms. The van der Waals surface area contributed by atoms with E-state index in [0.717, 1.165) is 25.7 Å². The molecule has 0 aliphatic rings. The van der Waals surface area contributed by atoms with Crippen molar-refractivity contribution in [1.29, 1.82) is 0 Å². The van der Waals surface area contributed by atoms with E-state index in [2.05, 4.69) is 16.2 Å². The van der Waals surface area contributed by atoms with E-state index in [0.29, 0.717) is 11.3 Å². The minimum absolute atomic E-state index is 0.159. The third-order valence-corrected chi connectivity index (χ3v) is 2.69. The summed E-state index contributed by atoms with van der Waals surface area (Å²) in [4.78, 5) is 3.77. The monoisotopic (exact) mass is 307 g/mol. The number of hydrogen-bond acceptors (Lipinski definition) is 7. The number of aromatic nitrogens is 2. The predicted molar refractivity (Wildman–Crippen MR) is 71.0 cm³/mol. The van der Waals surface area contributed by atoms with Crippen LogP contribution >= 0.6 is 0 Å². The Balaban J connectivity index is 2.68. The van der Waals surface area contributed by atoms with Gasteiger partial charge in [0.05, 0.1) is 12.7 Å². The minimum atomic E-state index is -4.74. The number of nitrogens with zero attached hydrogens (tertiary/aromatic N) is 2. The maximum absolute atomic E-state index is 10.6. The number of nitrogen functional groups attached to an aromatic ring is 2. The lowest BCUT2D eigenvalue weighted by atomic mass is 10.2. The molecule has 0 spiro atoms. The largest absolute Gasteiger partial charge is 0.474 e. The summed E-state index contributed by atoms with van der Waals surface area (Å²) in [6.45, 7) is 2.56. The Hall–Kier alpha value is -1.81. The van der Waals surface area contributed by atoms with Crippen LogP contribution in [0.1, 0.15) is 32.6 Å². The predicted octanol–water partition coefficient (Wildman–Crippen LogP) is -0.276. The lowest BCUT2D eigenvalue weighted by Crippen LogP contribution is -2.50. The Morgan fingerprint density at radius 1 is 1.35 bits per heavy atom. The van der Waals surface area contributed by atoms with Crippen LogP contribution in [0.15, 0.2) is 6.07 Å². The second-order valence-electron chi connectivity index (χ2n) is 4.08. The van der Waals surface area contributed by atoms with E-state index in [4.69, 9.17) is 20.8 Å². The van der Waals surface area contributed by atoms with Gasteiger partial charge in [-0.1, -0.05) is 31.2 Å². The fraction of sp³-hybridized carbons (Fsp3) is 0.600. The average molecular weight is 307 g/mol. The van der Waals surface area contributed by atoms with E-state index in [1.54, 1.807) is 0 Å². The Kier molecular flexibility index (Phi) is 5.77. The standard InChI is InChI=1S/C10H18N4O5S/c1-2-3-4-5-6-18-9-7-8(11)14(10(12)13-9)19-20(15,16)17/h7H,2-6H2,1H3,(H4,11,12,13,15,16,17)/p+1. The van der Waals surface area contributed by atoms with Crippen LogP contribution < -0.4 is 25.2 Å². The molecule has 1 rings (SSSR count). The van der Waals surface area contributed by atoms with Crippen molar-refractivity contribution in [3.05, 3.63) is 6.07 Å². The normalized spacial score (nSPS) is 11.3. The Morgan fingerprint density at radius 3 is 2.60 bits per heavy atom. The topological polar surface area (TPSA) is 142 Å². The minimum Gasteiger partial charge on any atom is -0.469 e. The molecule has 1 aromatic rings. The highest BCUT2D eigenvalue weighted by Crippen LogP contribution is 2.11. The molecule has 0 radical (unpaired) electrons. The van der Waals surface area contributed by atoms with Crippen LogP contribution in [-0.2, 0) is 10.4 Å². The van der Waals surface area contributed by atoms with Gasteiger partial charge in [0.2, 0.25) is 5.82 Å². The third-order valence-electron chi connectivity index (χ3n) is 2.36. The molecule has 0 bridgehead atoms. The van der Waals surface area contributed by atoms with Crippen LogP contribution in [0.25, 0.3) is 0 Å². The van der Waals surface area contributed by atoms with Crippen molar-refractivity contribution in [3.8, 4) is 5.88 Å². The number of hydrogen-bond donors (Lipinski definition) is 3. The van der Waals surface area contributed by atoms with Crippen LogP contribution in [-0.4, -0.2) is 24.6 Å². The zero-order valence-electron chi connectivity index (χ0n) is 11.2. The molecule has 0 amide bonds. The molecule has 0 atom stereocenters. The average Bonchev–Trinajstić information content (AvgIpc) is 2.32. The van der Waals surface area contributed by atoms with Gasteiger partial charge in [0.15, 0.2) is 0 Å². The van der Waals surface area contributed by atoms with E-state index in [1.807, 2.05) is 0 Å². The lowest BCUT2D eigenvalue weighted by Gasteiger charge is -2.07. The van der Waals surface area contributed by atoms with E-state index in [1.165, 1.54) is 6.07 Å². The molecule has 0 fully saturated rings. The molecule has 1 heterocycles. The quantitative estimate of drug-likeness (QED) is 0.338. The summed E-state index contributed by atoms with van der Waals surface area (Å²) in [5.41, 5.74) is 11.0. The van der Waals surface area contributed by atoms with Crippen molar-refractivity contribution in [2.75, 3.05) is 18.1 Å². The van der Waals surface area contributed by atoms with Gasteiger partial charge >= 0.3 is 16.3 Å². The Bertz CT molecular complexity index is 526. The number of anilines is 2. The molecule has 5 N–H and O–H groups in total. The number of unbranched alkanes of at least 4 members (excludes halogenated alkanes) is 3. The maximum Gasteiger partial charge on any atom is 0.474 e. The SMILES string of the molecule is CCCCCCOc1cc(N)[n+](OS(=O)(=O)O)c(N)n1. The summed E-state index contributed by atoms with van der Waals surface area (Å²) in [5, 5.41) is 0. The summed E-state index contributed by atoms with van der Waals surface area (Å²) in [7, 11) is -4.74. The molecule has 0 aliphatic carbocycles. The van der Waals surface area contributed by atoms with Crippen LogP contribution in [0.2, 0.25) is 0 Å². The molecule has 0 aliphatic heterocycles. The molecule has 0 saturated carbocycles. The molecule has 1 aromatic heterocycles. The summed E-state index contributed by atoms with van der Waals surface area (Å²) in [5.74, 6) is -0.364. The van der Waals surface area contributed by atoms with Crippen molar-refractivity contribution in [3.63, 3.8) is 0 Å². The van der Waals surface area contributed by atoms with Gasteiger partial charge in [-0.3, -0.25) is 4.55 Å². The van der Waals surface area contributed by atoms with Gasteiger partial charge < -0.3 is 16.2 Å². The van der Waals surface area contributed by atoms with Crippen molar-refractivity contribution in [2.45, 2.75) is 32.6 Å². The Morgan fingerprint density at radius 2 is 2.05 bits per heavy atom. The second kappa shape index (κ2) is 7.10. The molecule has 0 aromatic carbocycles. The van der Waals surface area contributed by atoms with Gasteiger partial charge in [-0.25, -0.2) is 4.28 Å². The van der Waals surface area contributed by atoms with E-state index >= 15 is 0 Å². The molecule has 0 saturated heterocycles. The lowest BCUT2D eigenvalue weighted by molar-refractivity contribution is -0.835. The molecular weight excluding hydrogens is 288 g/mol. The van der Waals surface area contributed by atoms with Gasteiger partial charge in [-0.05, 0) is 11.2 Å². The number of rotatable bonds is 8. The van der Waals surface area contributed by atoms with Gasteiger partial charge in [-0.15, -0.1) is 0 Å². The molecular formula is C10H19N4O5S+. The van der Waals surface area contributed by atoms with Crippen molar-refractivity contribution < 1.29 is 26.7 Å². The van der Waals surface area contributed by atoms with E-state index in [9.17, 15) is 8.42 Å².